The normalized spacial score (nSPS) is 13.8. The minimum absolute atomic E-state index is 0.00639. The summed E-state index contributed by atoms with van der Waals surface area (Å²) >= 11 is 0. The summed E-state index contributed by atoms with van der Waals surface area (Å²) in [6.07, 6.45) is 1.98. The average molecular weight is 473 g/mol. The van der Waals surface area contributed by atoms with Gasteiger partial charge in [0.2, 0.25) is 0 Å². The van der Waals surface area contributed by atoms with E-state index < -0.39 is 0 Å². The van der Waals surface area contributed by atoms with Gasteiger partial charge in [0.25, 0.3) is 0 Å². The Labute approximate surface area is 207 Å². The zero-order valence-corrected chi connectivity index (χ0v) is 23.1. The van der Waals surface area contributed by atoms with Gasteiger partial charge in [-0.15, -0.1) is 0 Å². The SMILES string of the molecule is CC(C)(C)c1cc(CO)cc(C(C)(C)C)c1O.CCC(C)c1cc(CO)cc(C(C)CC)c1O. The van der Waals surface area contributed by atoms with Gasteiger partial charge < -0.3 is 20.4 Å². The molecule has 2 rings (SSSR count). The number of hydrogen-bond acceptors (Lipinski definition) is 4. The smallest absolute Gasteiger partial charge is 0.123 e. The van der Waals surface area contributed by atoms with Gasteiger partial charge in [-0.1, -0.05) is 69.2 Å². The van der Waals surface area contributed by atoms with Gasteiger partial charge in [-0.2, -0.15) is 0 Å². The van der Waals surface area contributed by atoms with Crippen molar-refractivity contribution in [1.82, 2.24) is 0 Å². The van der Waals surface area contributed by atoms with Crippen LogP contribution in [0, 0.1) is 0 Å². The van der Waals surface area contributed by atoms with E-state index in [-0.39, 0.29) is 24.0 Å². The summed E-state index contributed by atoms with van der Waals surface area (Å²) in [4.78, 5) is 0. The second-order valence-corrected chi connectivity index (χ2v) is 11.6. The number of rotatable bonds is 6. The molecular weight excluding hydrogens is 424 g/mol. The number of phenolic OH excluding ortho intramolecular Hbond substituents is 2. The first-order valence-electron chi connectivity index (χ1n) is 12.6. The van der Waals surface area contributed by atoms with Crippen LogP contribution in [0.2, 0.25) is 0 Å². The molecule has 4 N–H and O–H groups in total. The van der Waals surface area contributed by atoms with Gasteiger partial charge in [0.05, 0.1) is 13.2 Å². The molecule has 2 atom stereocenters. The Hall–Kier alpha value is -2.04. The van der Waals surface area contributed by atoms with Crippen LogP contribution in [0.25, 0.3) is 0 Å². The lowest BCUT2D eigenvalue weighted by molar-refractivity contribution is 0.280. The maximum atomic E-state index is 10.4. The van der Waals surface area contributed by atoms with Crippen molar-refractivity contribution >= 4 is 0 Å². The molecule has 0 aliphatic carbocycles. The maximum absolute atomic E-state index is 10.4. The predicted molar refractivity (Wildman–Crippen MR) is 143 cm³/mol. The molecule has 0 fully saturated rings. The van der Waals surface area contributed by atoms with E-state index in [1.54, 1.807) is 0 Å². The van der Waals surface area contributed by atoms with Crippen molar-refractivity contribution in [2.45, 2.75) is 118 Å². The number of hydrogen-bond donors (Lipinski definition) is 4. The number of benzene rings is 2. The molecule has 2 aromatic carbocycles. The summed E-state index contributed by atoms with van der Waals surface area (Å²) in [5, 5.41) is 39.4. The molecule has 192 valence electrons. The van der Waals surface area contributed by atoms with E-state index in [1.807, 2.05) is 24.3 Å². The van der Waals surface area contributed by atoms with Crippen molar-refractivity contribution in [2.24, 2.45) is 0 Å². The summed E-state index contributed by atoms with van der Waals surface area (Å²) in [5.41, 5.74) is 5.22. The molecule has 0 saturated carbocycles. The van der Waals surface area contributed by atoms with Crippen LogP contribution in [0.15, 0.2) is 24.3 Å². The van der Waals surface area contributed by atoms with Gasteiger partial charge in [0, 0.05) is 0 Å². The van der Waals surface area contributed by atoms with Crippen LogP contribution in [0.5, 0.6) is 11.5 Å². The fourth-order valence-electron chi connectivity index (χ4n) is 3.96. The molecule has 4 nitrogen and oxygen atoms in total. The first-order valence-corrected chi connectivity index (χ1v) is 12.6. The van der Waals surface area contributed by atoms with Crippen LogP contribution < -0.4 is 0 Å². The molecule has 2 aromatic rings. The highest BCUT2D eigenvalue weighted by atomic mass is 16.3. The molecule has 0 amide bonds. The largest absolute Gasteiger partial charge is 0.507 e. The summed E-state index contributed by atoms with van der Waals surface area (Å²) in [6.45, 7) is 20.9. The highest BCUT2D eigenvalue weighted by molar-refractivity contribution is 5.50. The second kappa shape index (κ2) is 12.1. The van der Waals surface area contributed by atoms with Crippen molar-refractivity contribution in [2.75, 3.05) is 0 Å². The number of phenols is 2. The van der Waals surface area contributed by atoms with E-state index >= 15 is 0 Å². The van der Waals surface area contributed by atoms with Crippen molar-refractivity contribution in [3.63, 3.8) is 0 Å². The van der Waals surface area contributed by atoms with Crippen LogP contribution in [0.4, 0.5) is 0 Å². The third-order valence-electron chi connectivity index (χ3n) is 6.67. The lowest BCUT2D eigenvalue weighted by Gasteiger charge is -2.28. The van der Waals surface area contributed by atoms with E-state index in [4.69, 9.17) is 0 Å². The topological polar surface area (TPSA) is 80.9 Å². The highest BCUT2D eigenvalue weighted by Crippen LogP contribution is 2.40. The molecule has 0 aliphatic heterocycles. The quantitative estimate of drug-likeness (QED) is 0.353. The average Bonchev–Trinajstić information content (AvgIpc) is 2.77. The standard InChI is InChI=1S/2C15H24O2/c1-14(2,3)11-7-10(9-16)8-12(13(11)17)15(4,5)6;1-5-10(3)13-7-12(9-16)8-14(15(13)17)11(4)6-2/h7-8,16-17H,9H2,1-6H3;7-8,10-11,16-17H,5-6,9H2,1-4H3. The molecule has 0 aromatic heterocycles. The Bertz CT molecular complexity index is 866. The van der Waals surface area contributed by atoms with Crippen molar-refractivity contribution < 1.29 is 20.4 Å². The third kappa shape index (κ3) is 7.48. The summed E-state index contributed by atoms with van der Waals surface area (Å²) in [7, 11) is 0. The maximum Gasteiger partial charge on any atom is 0.123 e. The third-order valence-corrected chi connectivity index (χ3v) is 6.67. The Morgan fingerprint density at radius 2 is 0.941 bits per heavy atom. The van der Waals surface area contributed by atoms with Crippen molar-refractivity contribution in [3.8, 4) is 11.5 Å². The first kappa shape index (κ1) is 30.0. The van der Waals surface area contributed by atoms with E-state index in [0.717, 1.165) is 46.2 Å². The first-order chi connectivity index (χ1) is 15.6. The van der Waals surface area contributed by atoms with Crippen molar-refractivity contribution in [3.05, 3.63) is 57.6 Å². The van der Waals surface area contributed by atoms with E-state index in [1.165, 1.54) is 0 Å². The minimum Gasteiger partial charge on any atom is -0.507 e. The Balaban J connectivity index is 0.000000340. The fourth-order valence-corrected chi connectivity index (χ4v) is 3.96. The second-order valence-electron chi connectivity index (χ2n) is 11.6. The zero-order chi connectivity index (χ0) is 26.4. The lowest BCUT2D eigenvalue weighted by atomic mass is 9.78. The highest BCUT2D eigenvalue weighted by Gasteiger charge is 2.26. The predicted octanol–water partition coefficient (Wildman–Crippen LogP) is 7.39. The molecule has 0 saturated heterocycles. The number of aliphatic hydroxyl groups excluding tert-OH is 2. The summed E-state index contributed by atoms with van der Waals surface area (Å²) in [5.74, 6) is 1.43. The van der Waals surface area contributed by atoms with Crippen molar-refractivity contribution in [1.29, 1.82) is 0 Å². The molecule has 0 radical (unpaired) electrons. The number of aliphatic hydroxyl groups is 2. The number of aromatic hydroxyl groups is 2. The van der Waals surface area contributed by atoms with Gasteiger partial charge in [-0.05, 0) is 93.2 Å². The molecule has 0 spiro atoms. The monoisotopic (exact) mass is 472 g/mol. The van der Waals surface area contributed by atoms with Gasteiger partial charge in [0.1, 0.15) is 11.5 Å². The van der Waals surface area contributed by atoms with Crippen LogP contribution >= 0.6 is 0 Å². The fraction of sp³-hybridized carbons (Fsp3) is 0.600. The van der Waals surface area contributed by atoms with Gasteiger partial charge >= 0.3 is 0 Å². The molecular formula is C30H48O4. The Morgan fingerprint density at radius 1 is 0.618 bits per heavy atom. The van der Waals surface area contributed by atoms with Crippen LogP contribution in [-0.4, -0.2) is 20.4 Å². The minimum atomic E-state index is -0.130. The summed E-state index contributed by atoms with van der Waals surface area (Å²) < 4.78 is 0. The van der Waals surface area contributed by atoms with Gasteiger partial charge in [-0.3, -0.25) is 0 Å². The molecule has 34 heavy (non-hydrogen) atoms. The van der Waals surface area contributed by atoms with Gasteiger partial charge in [0.15, 0.2) is 0 Å². The lowest BCUT2D eigenvalue weighted by Crippen LogP contribution is -2.17. The molecule has 2 unspecified atom stereocenters. The molecule has 0 aliphatic rings. The summed E-state index contributed by atoms with van der Waals surface area (Å²) in [6, 6.07) is 7.64. The van der Waals surface area contributed by atoms with E-state index in [2.05, 4.69) is 69.2 Å². The van der Waals surface area contributed by atoms with Crippen LogP contribution in [0.3, 0.4) is 0 Å². The van der Waals surface area contributed by atoms with Crippen LogP contribution in [0.1, 0.15) is 127 Å². The van der Waals surface area contributed by atoms with Gasteiger partial charge in [-0.25, -0.2) is 0 Å². The zero-order valence-electron chi connectivity index (χ0n) is 23.1. The molecule has 0 heterocycles. The Kier molecular flexibility index (Phi) is 10.7. The Morgan fingerprint density at radius 3 is 1.21 bits per heavy atom. The van der Waals surface area contributed by atoms with E-state index in [0.29, 0.717) is 23.3 Å². The molecule has 0 bridgehead atoms. The van der Waals surface area contributed by atoms with E-state index in [9.17, 15) is 20.4 Å². The molecule has 4 heteroatoms. The van der Waals surface area contributed by atoms with Crippen LogP contribution in [-0.2, 0) is 24.0 Å².